The van der Waals surface area contributed by atoms with E-state index in [1.54, 1.807) is 0 Å². The largest absolute Gasteiger partial charge is 0.481 e. The van der Waals surface area contributed by atoms with E-state index in [0.717, 1.165) is 32.1 Å². The van der Waals surface area contributed by atoms with Crippen LogP contribution in [0.2, 0.25) is 0 Å². The summed E-state index contributed by atoms with van der Waals surface area (Å²) in [7, 11) is 0. The first-order valence-corrected chi connectivity index (χ1v) is 5.94. The third-order valence-corrected chi connectivity index (χ3v) is 4.97. The van der Waals surface area contributed by atoms with Crippen LogP contribution in [0.5, 0.6) is 0 Å². The Labute approximate surface area is 88.9 Å². The third kappa shape index (κ3) is 0.918. The lowest BCUT2D eigenvalue weighted by Crippen LogP contribution is -2.63. The number of rotatable bonds is 1. The van der Waals surface area contributed by atoms with Crippen LogP contribution in [0.1, 0.15) is 38.5 Å². The minimum absolute atomic E-state index is 0.128. The van der Waals surface area contributed by atoms with Crippen molar-refractivity contribution in [3.63, 3.8) is 0 Å². The first-order chi connectivity index (χ1) is 7.18. The summed E-state index contributed by atoms with van der Waals surface area (Å²) >= 11 is 0. The van der Waals surface area contributed by atoms with Gasteiger partial charge in [0.2, 0.25) is 0 Å². The van der Waals surface area contributed by atoms with Crippen LogP contribution in [0, 0.1) is 23.2 Å². The van der Waals surface area contributed by atoms with Gasteiger partial charge in [-0.25, -0.2) is 0 Å². The molecule has 3 nitrogen and oxygen atoms in total. The van der Waals surface area contributed by atoms with Crippen molar-refractivity contribution in [2.45, 2.75) is 38.5 Å². The third-order valence-electron chi connectivity index (χ3n) is 4.97. The first-order valence-electron chi connectivity index (χ1n) is 5.94. The number of carboxylic acid groups (broad SMARTS) is 1. The molecule has 0 radical (unpaired) electrons. The highest BCUT2D eigenvalue weighted by molar-refractivity contribution is 5.92. The molecule has 0 unspecified atom stereocenters. The molecule has 82 valence electrons. The Morgan fingerprint density at radius 2 is 2.13 bits per heavy atom. The number of carbonyl (C=O) groups excluding carboxylic acids is 1. The molecular weight excluding hydrogens is 192 g/mol. The number of hydrogen-bond acceptors (Lipinski definition) is 2. The van der Waals surface area contributed by atoms with Gasteiger partial charge in [-0.15, -0.1) is 0 Å². The van der Waals surface area contributed by atoms with Crippen molar-refractivity contribution in [2.75, 3.05) is 0 Å². The molecule has 0 aliphatic heterocycles. The van der Waals surface area contributed by atoms with Gasteiger partial charge in [-0.2, -0.15) is 0 Å². The van der Waals surface area contributed by atoms with E-state index in [2.05, 4.69) is 0 Å². The molecule has 3 aliphatic rings. The van der Waals surface area contributed by atoms with Gasteiger partial charge in [0.15, 0.2) is 0 Å². The van der Waals surface area contributed by atoms with Crippen LogP contribution in [0.15, 0.2) is 0 Å². The highest BCUT2D eigenvalue weighted by atomic mass is 16.4. The van der Waals surface area contributed by atoms with Crippen LogP contribution in [-0.4, -0.2) is 16.9 Å². The lowest BCUT2D eigenvalue weighted by Gasteiger charge is -2.58. The van der Waals surface area contributed by atoms with Crippen molar-refractivity contribution >= 4 is 11.8 Å². The number of hydrogen-bond donors (Lipinski definition) is 1. The molecule has 0 aromatic heterocycles. The van der Waals surface area contributed by atoms with Crippen molar-refractivity contribution in [1.82, 2.24) is 0 Å². The summed E-state index contributed by atoms with van der Waals surface area (Å²) in [4.78, 5) is 23.3. The lowest BCUT2D eigenvalue weighted by molar-refractivity contribution is -0.192. The lowest BCUT2D eigenvalue weighted by atomic mass is 9.43. The minimum atomic E-state index is -0.705. The predicted octanol–water partition coefficient (Wildman–Crippen LogP) is 1.86. The van der Waals surface area contributed by atoms with Crippen molar-refractivity contribution in [3.8, 4) is 0 Å². The smallest absolute Gasteiger partial charge is 0.310 e. The molecule has 4 atom stereocenters. The molecule has 0 saturated heterocycles. The molecule has 15 heavy (non-hydrogen) atoms. The van der Waals surface area contributed by atoms with E-state index in [4.69, 9.17) is 0 Å². The maximum absolute atomic E-state index is 11.8. The van der Waals surface area contributed by atoms with Gasteiger partial charge in [0, 0.05) is 12.3 Å². The Bertz CT molecular complexity index is 334. The molecule has 3 fully saturated rings. The molecule has 0 heterocycles. The monoisotopic (exact) mass is 208 g/mol. The van der Waals surface area contributed by atoms with Crippen LogP contribution in [0.25, 0.3) is 0 Å². The van der Waals surface area contributed by atoms with E-state index >= 15 is 0 Å². The van der Waals surface area contributed by atoms with Crippen LogP contribution < -0.4 is 0 Å². The Hall–Kier alpha value is -0.860. The van der Waals surface area contributed by atoms with Crippen LogP contribution in [0.4, 0.5) is 0 Å². The summed E-state index contributed by atoms with van der Waals surface area (Å²) < 4.78 is 0. The highest BCUT2D eigenvalue weighted by Gasteiger charge is 2.69. The predicted molar refractivity (Wildman–Crippen MR) is 53.2 cm³/mol. The quantitative estimate of drug-likeness (QED) is 0.715. The van der Waals surface area contributed by atoms with Gasteiger partial charge >= 0.3 is 5.97 Å². The maximum atomic E-state index is 11.8. The molecule has 3 aliphatic carbocycles. The average molecular weight is 208 g/mol. The van der Waals surface area contributed by atoms with Crippen molar-refractivity contribution in [2.24, 2.45) is 23.2 Å². The van der Waals surface area contributed by atoms with Crippen LogP contribution in [-0.2, 0) is 9.59 Å². The van der Waals surface area contributed by atoms with Crippen molar-refractivity contribution in [3.05, 3.63) is 0 Å². The Morgan fingerprint density at radius 3 is 2.87 bits per heavy atom. The zero-order valence-electron chi connectivity index (χ0n) is 8.74. The van der Waals surface area contributed by atoms with E-state index in [9.17, 15) is 14.7 Å². The highest BCUT2D eigenvalue weighted by Crippen LogP contribution is 2.67. The molecule has 0 amide bonds. The van der Waals surface area contributed by atoms with Crippen LogP contribution in [0.3, 0.4) is 0 Å². The molecule has 3 saturated carbocycles. The summed E-state index contributed by atoms with van der Waals surface area (Å²) in [6.07, 6.45) is 5.36. The van der Waals surface area contributed by atoms with Gasteiger partial charge in [-0.3, -0.25) is 9.59 Å². The van der Waals surface area contributed by atoms with E-state index in [0.29, 0.717) is 18.3 Å². The van der Waals surface area contributed by atoms with E-state index in [-0.39, 0.29) is 11.7 Å². The Morgan fingerprint density at radius 1 is 1.33 bits per heavy atom. The molecule has 3 heteroatoms. The second kappa shape index (κ2) is 2.83. The standard InChI is InChI=1S/C12H16O3/c13-9-5-2-6-12(11(14)15)8-4-1-3-7(8)10(9)12/h7-8,10H,1-6H2,(H,14,15)/t7-,8+,10-,12+/m1/s1. The first kappa shape index (κ1) is 9.37. The van der Waals surface area contributed by atoms with Gasteiger partial charge in [-0.1, -0.05) is 6.42 Å². The topological polar surface area (TPSA) is 54.4 Å². The number of carboxylic acids is 1. The Kier molecular flexibility index (Phi) is 1.77. The second-order valence-electron chi connectivity index (χ2n) is 5.34. The summed E-state index contributed by atoms with van der Waals surface area (Å²) in [5, 5.41) is 9.43. The second-order valence-corrected chi connectivity index (χ2v) is 5.34. The maximum Gasteiger partial charge on any atom is 0.310 e. The van der Waals surface area contributed by atoms with Gasteiger partial charge in [-0.05, 0) is 37.5 Å². The number of Topliss-reactive ketones (excluding diaryl/α,β-unsaturated/α-hetero) is 1. The molecular formula is C12H16O3. The molecule has 1 N–H and O–H groups in total. The number of carbonyl (C=O) groups is 2. The molecule has 0 spiro atoms. The SMILES string of the molecule is O=C1CCC[C@]2(C(=O)O)[C@H]3CCC[C@H]3[C@H]12. The van der Waals surface area contributed by atoms with Crippen LogP contribution >= 0.6 is 0 Å². The minimum Gasteiger partial charge on any atom is -0.481 e. The van der Waals surface area contributed by atoms with E-state index < -0.39 is 11.4 Å². The fourth-order valence-electron chi connectivity index (χ4n) is 4.50. The molecule has 0 aromatic rings. The van der Waals surface area contributed by atoms with E-state index in [1.165, 1.54) is 0 Å². The summed E-state index contributed by atoms with van der Waals surface area (Å²) in [6.45, 7) is 0. The molecule has 0 bridgehead atoms. The number of fused-ring (bicyclic) bond motifs is 4. The summed E-state index contributed by atoms with van der Waals surface area (Å²) in [5.41, 5.74) is -0.642. The van der Waals surface area contributed by atoms with Gasteiger partial charge in [0.25, 0.3) is 0 Å². The normalized spacial score (nSPS) is 48.0. The number of aliphatic carboxylic acids is 1. The Balaban J connectivity index is 2.01. The number of ketones is 1. The zero-order valence-corrected chi connectivity index (χ0v) is 8.74. The fourth-order valence-corrected chi connectivity index (χ4v) is 4.50. The zero-order chi connectivity index (χ0) is 10.6. The summed E-state index contributed by atoms with van der Waals surface area (Å²) in [6, 6.07) is 0. The molecule has 0 aromatic carbocycles. The fraction of sp³-hybridized carbons (Fsp3) is 0.833. The van der Waals surface area contributed by atoms with E-state index in [1.807, 2.05) is 0 Å². The summed E-state index contributed by atoms with van der Waals surface area (Å²) in [5.74, 6) is 0.116. The van der Waals surface area contributed by atoms with Gasteiger partial charge < -0.3 is 5.11 Å². The van der Waals surface area contributed by atoms with Gasteiger partial charge in [0.1, 0.15) is 5.78 Å². The van der Waals surface area contributed by atoms with Gasteiger partial charge in [0.05, 0.1) is 5.41 Å². The average Bonchev–Trinajstić information content (AvgIpc) is 2.57. The van der Waals surface area contributed by atoms with Crippen molar-refractivity contribution in [1.29, 1.82) is 0 Å². The molecule has 3 rings (SSSR count). The van der Waals surface area contributed by atoms with Crippen molar-refractivity contribution < 1.29 is 14.7 Å².